The summed E-state index contributed by atoms with van der Waals surface area (Å²) in [5.41, 5.74) is 4.59. The molecule has 0 aliphatic carbocycles. The summed E-state index contributed by atoms with van der Waals surface area (Å²) >= 11 is -1.05. The van der Waals surface area contributed by atoms with Crippen LogP contribution in [0.4, 0.5) is 0 Å². The first-order valence-electron chi connectivity index (χ1n) is 2.80. The number of hydrogen-bond donors (Lipinski definition) is 1. The van der Waals surface area contributed by atoms with Gasteiger partial charge in [-0.1, -0.05) is 0 Å². The Morgan fingerprint density at radius 1 is 1.62 bits per heavy atom. The Balaban J connectivity index is 2.77. The van der Waals surface area contributed by atoms with Crippen LogP contribution >= 0.6 is 0 Å². The zero-order valence-corrected chi connectivity index (χ0v) is 7.60. The number of aromatic nitrogens is 2. The molecule has 1 aromatic heterocycles. The predicted octanol–water partition coefficient (Wildman–Crippen LogP) is 0.371. The summed E-state index contributed by atoms with van der Waals surface area (Å²) in [5, 5.41) is 0. The first-order valence-corrected chi connectivity index (χ1v) is 8.85. The number of hydrogen-bond acceptors (Lipinski definition) is 1. The Labute approximate surface area is 54.4 Å². The SMILES string of the molecule is [CH3][Ga]([CH3])[c]1ncc[nH]1. The second kappa shape index (κ2) is 2.41. The van der Waals surface area contributed by atoms with Gasteiger partial charge in [-0.25, -0.2) is 0 Å². The van der Waals surface area contributed by atoms with Crippen LogP contribution in [0.25, 0.3) is 0 Å². The maximum absolute atomic E-state index is 4.14. The van der Waals surface area contributed by atoms with Crippen LogP contribution in [0.5, 0.6) is 0 Å². The standard InChI is InChI=1S/C3H3N2.2CH3.Ga/c1-2-5-3-4-1;;;/h1-2H,(H,4,5);2*1H3;. The molecule has 0 amide bonds. The fourth-order valence-corrected chi connectivity index (χ4v) is 2.30. The van der Waals surface area contributed by atoms with E-state index < -0.39 is 16.2 Å². The molecule has 0 atom stereocenters. The minimum absolute atomic E-state index is 1.05. The van der Waals surface area contributed by atoms with E-state index in [1.807, 2.05) is 12.4 Å². The van der Waals surface area contributed by atoms with Crippen molar-refractivity contribution in [3.63, 3.8) is 0 Å². The van der Waals surface area contributed by atoms with Gasteiger partial charge in [0.25, 0.3) is 0 Å². The quantitative estimate of drug-likeness (QED) is 0.601. The second-order valence-electron chi connectivity index (χ2n) is 2.13. The van der Waals surface area contributed by atoms with Gasteiger partial charge >= 0.3 is 53.9 Å². The van der Waals surface area contributed by atoms with Crippen LogP contribution in [-0.4, -0.2) is 26.2 Å². The molecule has 0 aliphatic rings. The van der Waals surface area contributed by atoms with E-state index in [0.717, 1.165) is 0 Å². The Hall–Kier alpha value is -0.154. The van der Waals surface area contributed by atoms with E-state index in [0.29, 0.717) is 0 Å². The molecule has 8 heavy (non-hydrogen) atoms. The molecule has 0 fully saturated rings. The molecule has 42 valence electrons. The third-order valence-electron chi connectivity index (χ3n) is 1.07. The molecule has 0 saturated heterocycles. The molecule has 1 heterocycles. The molecule has 1 aromatic rings. The Kier molecular flexibility index (Phi) is 1.80. The van der Waals surface area contributed by atoms with Gasteiger partial charge in [0.2, 0.25) is 0 Å². The van der Waals surface area contributed by atoms with Crippen LogP contribution in [0.2, 0.25) is 11.0 Å². The van der Waals surface area contributed by atoms with E-state index in [9.17, 15) is 0 Å². The van der Waals surface area contributed by atoms with E-state index in [1.165, 1.54) is 4.38 Å². The van der Waals surface area contributed by atoms with Gasteiger partial charge in [-0.05, 0) is 0 Å². The molecule has 1 N–H and O–H groups in total. The zero-order valence-electron chi connectivity index (χ0n) is 5.18. The van der Waals surface area contributed by atoms with Crippen molar-refractivity contribution in [1.29, 1.82) is 0 Å². The van der Waals surface area contributed by atoms with Gasteiger partial charge in [-0.2, -0.15) is 0 Å². The van der Waals surface area contributed by atoms with Crippen LogP contribution in [0.3, 0.4) is 0 Å². The van der Waals surface area contributed by atoms with Gasteiger partial charge in [0, 0.05) is 0 Å². The Bertz CT molecular complexity index is 145. The summed E-state index contributed by atoms with van der Waals surface area (Å²) in [4.78, 5) is 7.25. The molecule has 0 saturated carbocycles. The zero-order chi connectivity index (χ0) is 5.98. The van der Waals surface area contributed by atoms with Gasteiger partial charge in [0.15, 0.2) is 0 Å². The molecule has 0 spiro atoms. The molecule has 3 heteroatoms. The Morgan fingerprint density at radius 2 is 2.38 bits per heavy atom. The number of rotatable bonds is 1. The van der Waals surface area contributed by atoms with Crippen LogP contribution in [0.1, 0.15) is 0 Å². The van der Waals surface area contributed by atoms with E-state index in [1.54, 1.807) is 0 Å². The number of aromatic amines is 1. The van der Waals surface area contributed by atoms with E-state index >= 15 is 0 Å². The van der Waals surface area contributed by atoms with Crippen LogP contribution in [0.15, 0.2) is 12.4 Å². The topological polar surface area (TPSA) is 28.7 Å². The van der Waals surface area contributed by atoms with Crippen molar-refractivity contribution in [3.8, 4) is 0 Å². The third kappa shape index (κ3) is 1.17. The van der Waals surface area contributed by atoms with E-state index in [2.05, 4.69) is 20.9 Å². The van der Waals surface area contributed by atoms with Crippen molar-refractivity contribution in [1.82, 2.24) is 9.97 Å². The van der Waals surface area contributed by atoms with Gasteiger partial charge < -0.3 is 0 Å². The molecular formula is C5H9GaN2. The minimum atomic E-state index is -1.05. The van der Waals surface area contributed by atoms with Crippen molar-refractivity contribution in [2.24, 2.45) is 0 Å². The molecule has 0 unspecified atom stereocenters. The first kappa shape index (κ1) is 5.97. The van der Waals surface area contributed by atoms with E-state index in [4.69, 9.17) is 0 Å². The van der Waals surface area contributed by atoms with Gasteiger partial charge in [-0.3, -0.25) is 0 Å². The molecule has 2 nitrogen and oxygen atoms in total. The van der Waals surface area contributed by atoms with E-state index in [-0.39, 0.29) is 0 Å². The average molecular weight is 167 g/mol. The number of nitrogens with zero attached hydrogens (tertiary/aromatic N) is 1. The van der Waals surface area contributed by atoms with Gasteiger partial charge in [0.05, 0.1) is 0 Å². The summed E-state index contributed by atoms with van der Waals surface area (Å²) in [6, 6.07) is 0. The summed E-state index contributed by atoms with van der Waals surface area (Å²) < 4.78 is 1.25. The van der Waals surface area contributed by atoms with Gasteiger partial charge in [-0.15, -0.1) is 0 Å². The number of nitrogens with one attached hydrogen (secondary N) is 1. The summed E-state index contributed by atoms with van der Waals surface area (Å²) in [7, 11) is 0. The summed E-state index contributed by atoms with van der Waals surface area (Å²) in [5.74, 6) is 0. The molecular weight excluding hydrogens is 158 g/mol. The van der Waals surface area contributed by atoms with Gasteiger partial charge in [0.1, 0.15) is 0 Å². The number of H-pyrrole nitrogens is 1. The molecule has 0 bridgehead atoms. The van der Waals surface area contributed by atoms with Crippen molar-refractivity contribution in [2.75, 3.05) is 0 Å². The Morgan fingerprint density at radius 3 is 2.62 bits per heavy atom. The second-order valence-corrected chi connectivity index (χ2v) is 8.12. The fourth-order valence-electron chi connectivity index (χ4n) is 0.593. The third-order valence-corrected chi connectivity index (χ3v) is 4.02. The predicted molar refractivity (Wildman–Crippen MR) is 35.7 cm³/mol. The van der Waals surface area contributed by atoms with Crippen LogP contribution in [-0.2, 0) is 0 Å². The van der Waals surface area contributed by atoms with Crippen LogP contribution < -0.4 is 4.38 Å². The first-order chi connectivity index (χ1) is 3.80. The van der Waals surface area contributed by atoms with Crippen molar-refractivity contribution in [3.05, 3.63) is 12.4 Å². The summed E-state index contributed by atoms with van der Waals surface area (Å²) in [6.45, 7) is 0. The fraction of sp³-hybridized carbons (Fsp3) is 0.400. The molecule has 1 rings (SSSR count). The van der Waals surface area contributed by atoms with Crippen LogP contribution in [0, 0.1) is 0 Å². The van der Waals surface area contributed by atoms with Crippen molar-refractivity contribution in [2.45, 2.75) is 11.0 Å². The van der Waals surface area contributed by atoms with Crippen molar-refractivity contribution >= 4 is 20.6 Å². The summed E-state index contributed by atoms with van der Waals surface area (Å²) in [6.07, 6.45) is 3.71. The molecule has 0 aliphatic heterocycles. The monoisotopic (exact) mass is 166 g/mol. The van der Waals surface area contributed by atoms with Crippen molar-refractivity contribution < 1.29 is 0 Å². The number of imidazole rings is 1. The maximum atomic E-state index is 4.14. The molecule has 0 radical (unpaired) electrons. The molecule has 0 aromatic carbocycles. The average Bonchev–Trinajstić information content (AvgIpc) is 2.12. The normalized spacial score (nSPS) is 9.25.